The minimum Gasteiger partial charge on any atom is -0.339 e. The molecule has 1 atom stereocenters. The van der Waals surface area contributed by atoms with E-state index in [9.17, 15) is 4.79 Å². The van der Waals surface area contributed by atoms with E-state index < -0.39 is 0 Å². The van der Waals surface area contributed by atoms with Gasteiger partial charge >= 0.3 is 0 Å². The Balaban J connectivity index is 1.60. The van der Waals surface area contributed by atoms with Crippen molar-refractivity contribution in [2.24, 2.45) is 0 Å². The number of nitrogens with zero attached hydrogens (tertiary/aromatic N) is 3. The number of carbonyl (C=O) groups is 1. The lowest BCUT2D eigenvalue weighted by atomic mass is 10.1. The molecule has 0 saturated carbocycles. The summed E-state index contributed by atoms with van der Waals surface area (Å²) in [5.41, 5.74) is 3.81. The number of amides is 1. The van der Waals surface area contributed by atoms with Gasteiger partial charge in [-0.05, 0) is 49.4 Å². The maximum Gasteiger partial charge on any atom is 0.232 e. The molecule has 5 heteroatoms. The van der Waals surface area contributed by atoms with Crippen LogP contribution in [0.3, 0.4) is 0 Å². The first kappa shape index (κ1) is 12.6. The topological polar surface area (TPSA) is 59.2 Å². The quantitative estimate of drug-likeness (QED) is 0.849. The highest BCUT2D eigenvalue weighted by atomic mass is 16.5. The molecule has 2 aromatic rings. The fourth-order valence-electron chi connectivity index (χ4n) is 3.33. The minimum absolute atomic E-state index is 0.00644. The third-order valence-electron chi connectivity index (χ3n) is 4.41. The van der Waals surface area contributed by atoms with E-state index in [-0.39, 0.29) is 11.8 Å². The monoisotopic (exact) mass is 283 g/mol. The van der Waals surface area contributed by atoms with Crippen molar-refractivity contribution in [3.05, 3.63) is 41.0 Å². The van der Waals surface area contributed by atoms with Crippen LogP contribution in [-0.4, -0.2) is 22.6 Å². The van der Waals surface area contributed by atoms with Gasteiger partial charge in [-0.2, -0.15) is 4.98 Å². The summed E-state index contributed by atoms with van der Waals surface area (Å²) >= 11 is 0. The summed E-state index contributed by atoms with van der Waals surface area (Å²) in [5, 5.41) is 3.82. The van der Waals surface area contributed by atoms with E-state index in [1.807, 2.05) is 4.90 Å². The zero-order valence-electron chi connectivity index (χ0n) is 12.0. The van der Waals surface area contributed by atoms with Gasteiger partial charge in [0.15, 0.2) is 5.82 Å². The molecule has 2 aliphatic rings. The number of carbonyl (C=O) groups excluding carboxylic acids is 1. The van der Waals surface area contributed by atoms with Crippen LogP contribution in [0.15, 0.2) is 22.7 Å². The molecule has 5 nitrogen and oxygen atoms in total. The van der Waals surface area contributed by atoms with Crippen LogP contribution in [-0.2, 0) is 17.6 Å². The van der Waals surface area contributed by atoms with Gasteiger partial charge in [-0.3, -0.25) is 4.79 Å². The van der Waals surface area contributed by atoms with Crippen molar-refractivity contribution >= 4 is 11.6 Å². The summed E-state index contributed by atoms with van der Waals surface area (Å²) in [5.74, 6) is 1.33. The van der Waals surface area contributed by atoms with Gasteiger partial charge in [0.2, 0.25) is 11.8 Å². The molecule has 1 aliphatic carbocycles. The molecule has 1 unspecified atom stereocenters. The lowest BCUT2D eigenvalue weighted by Gasteiger charge is -2.17. The average Bonchev–Trinajstić information content (AvgIpc) is 3.17. The Hall–Kier alpha value is -2.17. The average molecular weight is 283 g/mol. The number of benzene rings is 1. The zero-order chi connectivity index (χ0) is 14.4. The molecular weight excluding hydrogens is 266 g/mol. The van der Waals surface area contributed by atoms with E-state index in [4.69, 9.17) is 4.52 Å². The van der Waals surface area contributed by atoms with Gasteiger partial charge in [-0.25, -0.2) is 0 Å². The van der Waals surface area contributed by atoms with Gasteiger partial charge in [-0.1, -0.05) is 11.2 Å². The molecule has 1 aliphatic heterocycles. The van der Waals surface area contributed by atoms with Crippen molar-refractivity contribution in [1.29, 1.82) is 0 Å². The Morgan fingerprint density at radius 2 is 2.14 bits per heavy atom. The Morgan fingerprint density at radius 1 is 1.29 bits per heavy atom. The Bertz CT molecular complexity index is 707. The molecule has 0 N–H and O–H groups in total. The molecule has 0 radical (unpaired) electrons. The van der Waals surface area contributed by atoms with Crippen LogP contribution in [0.2, 0.25) is 0 Å². The van der Waals surface area contributed by atoms with Crippen LogP contribution in [0.25, 0.3) is 0 Å². The number of aryl methyl sites for hydroxylation is 3. The Kier molecular flexibility index (Phi) is 2.80. The third kappa shape index (κ3) is 2.13. The fourth-order valence-corrected chi connectivity index (χ4v) is 3.33. The van der Waals surface area contributed by atoms with E-state index in [0.29, 0.717) is 24.7 Å². The standard InChI is InChI=1S/C16H17N3O2/c1-10-17-16(21-18-10)13-8-15(20)19(9-13)14-6-5-11-3-2-4-12(11)7-14/h5-7,13H,2-4,8-9H2,1H3. The van der Waals surface area contributed by atoms with Gasteiger partial charge in [0.05, 0.1) is 5.92 Å². The van der Waals surface area contributed by atoms with Crippen molar-refractivity contribution < 1.29 is 9.32 Å². The summed E-state index contributed by atoms with van der Waals surface area (Å²) in [6.07, 6.45) is 3.94. The van der Waals surface area contributed by atoms with Crippen molar-refractivity contribution in [1.82, 2.24) is 10.1 Å². The summed E-state index contributed by atoms with van der Waals surface area (Å²) < 4.78 is 5.21. The second-order valence-electron chi connectivity index (χ2n) is 5.89. The number of anilines is 1. The molecule has 1 saturated heterocycles. The first-order valence-electron chi connectivity index (χ1n) is 7.43. The van der Waals surface area contributed by atoms with Crippen molar-refractivity contribution in [3.63, 3.8) is 0 Å². The Labute approximate surface area is 123 Å². The van der Waals surface area contributed by atoms with E-state index in [1.54, 1.807) is 6.92 Å². The van der Waals surface area contributed by atoms with Crippen LogP contribution >= 0.6 is 0 Å². The van der Waals surface area contributed by atoms with Crippen LogP contribution in [0.4, 0.5) is 5.69 Å². The second kappa shape index (κ2) is 4.69. The normalized spacial score (nSPS) is 21.1. The van der Waals surface area contributed by atoms with E-state index in [1.165, 1.54) is 17.5 Å². The number of hydrogen-bond donors (Lipinski definition) is 0. The smallest absolute Gasteiger partial charge is 0.232 e. The van der Waals surface area contributed by atoms with Crippen molar-refractivity contribution in [2.75, 3.05) is 11.4 Å². The highest BCUT2D eigenvalue weighted by Crippen LogP contribution is 2.33. The zero-order valence-corrected chi connectivity index (χ0v) is 12.0. The molecule has 108 valence electrons. The fraction of sp³-hybridized carbons (Fsp3) is 0.438. The number of hydrogen-bond acceptors (Lipinski definition) is 4. The molecule has 1 aromatic heterocycles. The maximum atomic E-state index is 12.3. The largest absolute Gasteiger partial charge is 0.339 e. The summed E-state index contributed by atoms with van der Waals surface area (Å²) in [4.78, 5) is 18.4. The van der Waals surface area contributed by atoms with Gasteiger partial charge in [0.1, 0.15) is 0 Å². The first-order chi connectivity index (χ1) is 10.2. The van der Waals surface area contributed by atoms with Gasteiger partial charge < -0.3 is 9.42 Å². The molecule has 21 heavy (non-hydrogen) atoms. The highest BCUT2D eigenvalue weighted by molar-refractivity contribution is 5.96. The maximum absolute atomic E-state index is 12.3. The molecule has 1 aromatic carbocycles. The molecule has 2 heterocycles. The van der Waals surface area contributed by atoms with Crippen LogP contribution in [0, 0.1) is 6.92 Å². The van der Waals surface area contributed by atoms with Gasteiger partial charge in [0.25, 0.3) is 0 Å². The van der Waals surface area contributed by atoms with Crippen LogP contribution < -0.4 is 4.90 Å². The number of rotatable bonds is 2. The van der Waals surface area contributed by atoms with Crippen molar-refractivity contribution in [3.8, 4) is 0 Å². The van der Waals surface area contributed by atoms with Crippen LogP contribution in [0.1, 0.15) is 41.6 Å². The molecule has 1 amide bonds. The molecule has 4 rings (SSSR count). The lowest BCUT2D eigenvalue weighted by molar-refractivity contribution is -0.117. The van der Waals surface area contributed by atoms with E-state index in [0.717, 1.165) is 18.5 Å². The highest BCUT2D eigenvalue weighted by Gasteiger charge is 2.35. The summed E-state index contributed by atoms with van der Waals surface area (Å²) in [7, 11) is 0. The number of fused-ring (bicyclic) bond motifs is 1. The molecule has 0 spiro atoms. The first-order valence-corrected chi connectivity index (χ1v) is 7.43. The van der Waals surface area contributed by atoms with E-state index >= 15 is 0 Å². The Morgan fingerprint density at radius 3 is 2.95 bits per heavy atom. The van der Waals surface area contributed by atoms with Crippen molar-refractivity contribution in [2.45, 2.75) is 38.5 Å². The summed E-state index contributed by atoms with van der Waals surface area (Å²) in [6, 6.07) is 6.39. The van der Waals surface area contributed by atoms with Gasteiger partial charge in [-0.15, -0.1) is 0 Å². The third-order valence-corrected chi connectivity index (χ3v) is 4.41. The van der Waals surface area contributed by atoms with E-state index in [2.05, 4.69) is 28.3 Å². The molecule has 1 fully saturated rings. The van der Waals surface area contributed by atoms with Crippen LogP contribution in [0.5, 0.6) is 0 Å². The molecule has 0 bridgehead atoms. The predicted octanol–water partition coefficient (Wildman–Crippen LogP) is 2.39. The predicted molar refractivity (Wildman–Crippen MR) is 77.2 cm³/mol. The SMILES string of the molecule is Cc1noc(C2CC(=O)N(c3ccc4c(c3)CCC4)C2)n1. The minimum atomic E-state index is 0.00644. The molecular formula is C16H17N3O2. The second-order valence-corrected chi connectivity index (χ2v) is 5.89. The number of aromatic nitrogens is 2. The van der Waals surface area contributed by atoms with Gasteiger partial charge in [0, 0.05) is 18.7 Å². The lowest BCUT2D eigenvalue weighted by Crippen LogP contribution is -2.24. The summed E-state index contributed by atoms with van der Waals surface area (Å²) in [6.45, 7) is 2.42.